The maximum atomic E-state index is 14.3. The lowest BCUT2D eigenvalue weighted by atomic mass is 9.96. The molecule has 2 amide bonds. The van der Waals surface area contributed by atoms with Gasteiger partial charge in [-0.15, -0.1) is 0 Å². The highest BCUT2D eigenvalue weighted by atomic mass is 19.4. The SMILES string of the molecule is CC(=O)c1nn(CC(=O)N2[C@H](C)[C@@H](Cc3nc(C)no3)C[C@H]2C(=O)Nc2nc(C(F)(F)F)ccc2C)c2c(C)cc(-c3cnc(C)nc3)cc12. The van der Waals surface area contributed by atoms with Crippen LogP contribution in [-0.4, -0.2) is 69.5 Å². The average Bonchev–Trinajstić information content (AvgIpc) is 3.73. The lowest BCUT2D eigenvalue weighted by Gasteiger charge is -2.29. The molecule has 1 fully saturated rings. The van der Waals surface area contributed by atoms with Gasteiger partial charge in [0.25, 0.3) is 0 Å². The molecular weight excluding hydrogens is 655 g/mol. The zero-order chi connectivity index (χ0) is 36.1. The van der Waals surface area contributed by atoms with Gasteiger partial charge in [0.15, 0.2) is 11.6 Å². The van der Waals surface area contributed by atoms with E-state index in [0.717, 1.165) is 22.8 Å². The first-order valence-corrected chi connectivity index (χ1v) is 15.9. The van der Waals surface area contributed by atoms with E-state index in [2.05, 4.69) is 35.5 Å². The van der Waals surface area contributed by atoms with Crippen molar-refractivity contribution < 1.29 is 32.1 Å². The van der Waals surface area contributed by atoms with Crippen LogP contribution in [0.5, 0.6) is 0 Å². The Labute approximate surface area is 284 Å². The molecule has 6 rings (SSSR count). The van der Waals surface area contributed by atoms with E-state index in [1.165, 1.54) is 29.5 Å². The molecule has 0 unspecified atom stereocenters. The highest BCUT2D eigenvalue weighted by Crippen LogP contribution is 2.35. The van der Waals surface area contributed by atoms with Gasteiger partial charge in [0.1, 0.15) is 35.6 Å². The number of anilines is 1. The minimum atomic E-state index is -4.72. The number of alkyl halides is 3. The number of rotatable bonds is 8. The van der Waals surface area contributed by atoms with E-state index in [0.29, 0.717) is 34.0 Å². The van der Waals surface area contributed by atoms with Crippen LogP contribution in [0.2, 0.25) is 0 Å². The molecule has 0 aliphatic carbocycles. The van der Waals surface area contributed by atoms with Gasteiger partial charge in [-0.2, -0.15) is 23.3 Å². The number of pyridine rings is 1. The van der Waals surface area contributed by atoms with Gasteiger partial charge in [-0.05, 0) is 81.8 Å². The number of aromatic nitrogens is 7. The molecule has 0 bridgehead atoms. The number of hydrogen-bond donors (Lipinski definition) is 1. The quantitative estimate of drug-likeness (QED) is 0.214. The Balaban J connectivity index is 1.35. The van der Waals surface area contributed by atoms with Crippen molar-refractivity contribution in [1.29, 1.82) is 0 Å². The van der Waals surface area contributed by atoms with Crippen molar-refractivity contribution in [2.45, 2.75) is 79.2 Å². The fourth-order valence-electron chi connectivity index (χ4n) is 6.48. The molecule has 1 saturated heterocycles. The predicted octanol–water partition coefficient (Wildman–Crippen LogP) is 5.21. The first-order valence-electron chi connectivity index (χ1n) is 15.9. The van der Waals surface area contributed by atoms with E-state index in [1.807, 2.05) is 19.1 Å². The summed E-state index contributed by atoms with van der Waals surface area (Å²) in [6.45, 7) is 9.68. The van der Waals surface area contributed by atoms with Crippen molar-refractivity contribution in [1.82, 2.24) is 39.8 Å². The first-order chi connectivity index (χ1) is 23.6. The second-order valence-electron chi connectivity index (χ2n) is 12.6. The minimum absolute atomic E-state index is 0.164. The topological polar surface area (TPSA) is 162 Å². The third-order valence-electron chi connectivity index (χ3n) is 8.98. The summed E-state index contributed by atoms with van der Waals surface area (Å²) in [5.41, 5.74) is 2.15. The van der Waals surface area contributed by atoms with E-state index in [4.69, 9.17) is 4.52 Å². The number of likely N-dealkylation sites (tertiary alicyclic amines) is 1. The Morgan fingerprint density at radius 1 is 0.980 bits per heavy atom. The van der Waals surface area contributed by atoms with Crippen LogP contribution in [0, 0.1) is 33.6 Å². The van der Waals surface area contributed by atoms with E-state index < -0.39 is 35.8 Å². The smallest absolute Gasteiger partial charge is 0.339 e. The van der Waals surface area contributed by atoms with Crippen molar-refractivity contribution in [3.05, 3.63) is 76.7 Å². The molecule has 5 aromatic rings. The zero-order valence-electron chi connectivity index (χ0n) is 28.2. The van der Waals surface area contributed by atoms with Gasteiger partial charge in [-0.1, -0.05) is 11.2 Å². The fourth-order valence-corrected chi connectivity index (χ4v) is 6.48. The Morgan fingerprint density at radius 3 is 2.34 bits per heavy atom. The summed E-state index contributed by atoms with van der Waals surface area (Å²) in [6, 6.07) is 4.16. The number of hydrogen-bond acceptors (Lipinski definition) is 10. The lowest BCUT2D eigenvalue weighted by Crippen LogP contribution is -2.48. The number of halogens is 3. The van der Waals surface area contributed by atoms with Crippen LogP contribution < -0.4 is 5.32 Å². The Hall–Kier alpha value is -5.54. The molecule has 5 heterocycles. The molecule has 0 radical (unpaired) electrons. The molecule has 4 aromatic heterocycles. The number of fused-ring (bicyclic) bond motifs is 1. The average molecular weight is 690 g/mol. The van der Waals surface area contributed by atoms with Crippen LogP contribution in [0.1, 0.15) is 65.1 Å². The van der Waals surface area contributed by atoms with Crippen molar-refractivity contribution in [2.24, 2.45) is 5.92 Å². The molecule has 0 spiro atoms. The second kappa shape index (κ2) is 13.1. The predicted molar refractivity (Wildman–Crippen MR) is 174 cm³/mol. The lowest BCUT2D eigenvalue weighted by molar-refractivity contribution is -0.141. The van der Waals surface area contributed by atoms with Crippen LogP contribution in [0.15, 0.2) is 41.2 Å². The molecular formula is C34H34F3N9O4. The number of aryl methyl sites for hydroxylation is 4. The molecule has 0 saturated carbocycles. The number of carbonyl (C=O) groups excluding carboxylic acids is 3. The molecule has 1 aliphatic heterocycles. The van der Waals surface area contributed by atoms with Crippen molar-refractivity contribution in [3.8, 4) is 11.1 Å². The number of benzene rings is 1. The molecule has 13 nitrogen and oxygen atoms in total. The highest BCUT2D eigenvalue weighted by Gasteiger charge is 2.46. The van der Waals surface area contributed by atoms with E-state index in [9.17, 15) is 27.6 Å². The molecule has 16 heteroatoms. The van der Waals surface area contributed by atoms with Crippen LogP contribution in [0.3, 0.4) is 0 Å². The van der Waals surface area contributed by atoms with Crippen LogP contribution >= 0.6 is 0 Å². The van der Waals surface area contributed by atoms with Gasteiger partial charge in [-0.25, -0.2) is 15.0 Å². The number of Topliss-reactive ketones (excluding diaryl/α,β-unsaturated/α-hetero) is 1. The summed E-state index contributed by atoms with van der Waals surface area (Å²) in [5, 5.41) is 11.5. The highest BCUT2D eigenvalue weighted by molar-refractivity contribution is 6.07. The number of ketones is 1. The van der Waals surface area contributed by atoms with Gasteiger partial charge in [0.2, 0.25) is 17.7 Å². The largest absolute Gasteiger partial charge is 0.433 e. The summed E-state index contributed by atoms with van der Waals surface area (Å²) in [6.07, 6.45) is -0.917. The normalized spacial score (nSPS) is 17.8. The number of nitrogens with one attached hydrogen (secondary N) is 1. The van der Waals surface area contributed by atoms with Crippen molar-refractivity contribution in [3.63, 3.8) is 0 Å². The second-order valence-corrected chi connectivity index (χ2v) is 12.6. The van der Waals surface area contributed by atoms with Crippen LogP contribution in [0.25, 0.3) is 22.0 Å². The van der Waals surface area contributed by atoms with Crippen molar-refractivity contribution >= 4 is 34.3 Å². The fraction of sp³-hybridized carbons (Fsp3) is 0.382. The van der Waals surface area contributed by atoms with E-state index in [-0.39, 0.29) is 42.6 Å². The monoisotopic (exact) mass is 689 g/mol. The van der Waals surface area contributed by atoms with Gasteiger partial charge in [-0.3, -0.25) is 19.1 Å². The number of carbonyl (C=O) groups is 3. The molecule has 50 heavy (non-hydrogen) atoms. The van der Waals surface area contributed by atoms with E-state index >= 15 is 0 Å². The Bertz CT molecular complexity index is 2120. The van der Waals surface area contributed by atoms with E-state index in [1.54, 1.807) is 33.2 Å². The van der Waals surface area contributed by atoms with Crippen LogP contribution in [-0.2, 0) is 28.7 Å². The number of nitrogens with zero attached hydrogens (tertiary/aromatic N) is 8. The van der Waals surface area contributed by atoms with Gasteiger partial charge in [0, 0.05) is 42.7 Å². The van der Waals surface area contributed by atoms with Gasteiger partial charge >= 0.3 is 6.18 Å². The summed E-state index contributed by atoms with van der Waals surface area (Å²) >= 11 is 0. The van der Waals surface area contributed by atoms with Crippen molar-refractivity contribution in [2.75, 3.05) is 5.32 Å². The number of amides is 2. The third-order valence-corrected chi connectivity index (χ3v) is 8.98. The summed E-state index contributed by atoms with van der Waals surface area (Å²) < 4.78 is 47.1. The third kappa shape index (κ3) is 6.69. The first kappa shape index (κ1) is 34.3. The standard InChI is InChI=1S/C34H34F3N9O4/c1-16-7-8-27(34(35,36)37)41-32(16)42-33(49)26-11-22(12-28-40-21(6)44-50-28)18(3)46(26)29(48)15-45-31-17(2)9-23(24-13-38-20(5)39-14-24)10-25(31)30(43-45)19(4)47/h7-10,13-14,18,22,26H,11-12,15H2,1-6H3,(H,41,42,49)/t18-,22-,26+/m1/s1. The summed E-state index contributed by atoms with van der Waals surface area (Å²) in [7, 11) is 0. The van der Waals surface area contributed by atoms with Crippen LogP contribution in [0.4, 0.5) is 19.0 Å². The summed E-state index contributed by atoms with van der Waals surface area (Å²) in [5.74, 6) is -0.670. The maximum absolute atomic E-state index is 14.3. The van der Waals surface area contributed by atoms with Gasteiger partial charge < -0.3 is 14.7 Å². The summed E-state index contributed by atoms with van der Waals surface area (Å²) in [4.78, 5) is 58.8. The maximum Gasteiger partial charge on any atom is 0.433 e. The molecule has 1 aliphatic rings. The molecule has 1 N–H and O–H groups in total. The zero-order valence-corrected chi connectivity index (χ0v) is 28.2. The minimum Gasteiger partial charge on any atom is -0.339 e. The Kier molecular flexibility index (Phi) is 8.97. The molecule has 260 valence electrons. The molecule has 3 atom stereocenters. The van der Waals surface area contributed by atoms with Gasteiger partial charge in [0.05, 0.1) is 5.52 Å². The Morgan fingerprint density at radius 2 is 1.70 bits per heavy atom. The molecule has 1 aromatic carbocycles.